The minimum atomic E-state index is -0.288. The molecule has 0 aromatic heterocycles. The van der Waals surface area contributed by atoms with Crippen molar-refractivity contribution in [2.45, 2.75) is 46.0 Å². The molecular formula is C11H22N2O. The summed E-state index contributed by atoms with van der Waals surface area (Å²) in [5, 5.41) is 1.23. The van der Waals surface area contributed by atoms with Crippen LogP contribution >= 0.6 is 0 Å². The quantitative estimate of drug-likeness (QED) is 0.418. The zero-order chi connectivity index (χ0) is 10.8. The minimum Gasteiger partial charge on any atom is -0.283 e. The summed E-state index contributed by atoms with van der Waals surface area (Å²) in [4.78, 5) is 11.9. The molecule has 1 fully saturated rings. The van der Waals surface area contributed by atoms with Crippen molar-refractivity contribution in [1.82, 2.24) is 5.01 Å². The molecule has 0 bridgehead atoms. The van der Waals surface area contributed by atoms with Gasteiger partial charge in [-0.3, -0.25) is 9.80 Å². The number of nitrogens with two attached hydrogens (primary N) is 1. The van der Waals surface area contributed by atoms with Gasteiger partial charge in [0.2, 0.25) is 5.91 Å². The van der Waals surface area contributed by atoms with Gasteiger partial charge in [0, 0.05) is 12.5 Å². The summed E-state index contributed by atoms with van der Waals surface area (Å²) in [6.07, 6.45) is 6.18. The molecule has 0 atom stereocenters. The van der Waals surface area contributed by atoms with Crippen LogP contribution in [0, 0.1) is 11.3 Å². The van der Waals surface area contributed by atoms with Crippen molar-refractivity contribution in [1.29, 1.82) is 0 Å². The molecule has 3 nitrogen and oxygen atoms in total. The Bertz CT molecular complexity index is 205. The molecule has 2 N–H and O–H groups in total. The Balaban J connectivity index is 2.66. The Hall–Kier alpha value is -0.570. The van der Waals surface area contributed by atoms with Gasteiger partial charge in [-0.1, -0.05) is 33.1 Å². The fourth-order valence-corrected chi connectivity index (χ4v) is 2.45. The van der Waals surface area contributed by atoms with Gasteiger partial charge in [-0.2, -0.15) is 0 Å². The maximum atomic E-state index is 11.9. The number of carbonyl (C=O) groups is 1. The lowest BCUT2D eigenvalue weighted by atomic mass is 9.70. The van der Waals surface area contributed by atoms with Crippen LogP contribution in [-0.4, -0.2) is 18.0 Å². The average Bonchev–Trinajstić information content (AvgIpc) is 2.18. The van der Waals surface area contributed by atoms with Crippen LogP contribution in [0.15, 0.2) is 0 Å². The first-order chi connectivity index (χ1) is 6.46. The maximum absolute atomic E-state index is 11.9. The molecule has 0 aromatic carbocycles. The van der Waals surface area contributed by atoms with Crippen molar-refractivity contribution >= 4 is 5.91 Å². The Kier molecular flexibility index (Phi) is 3.53. The molecule has 0 spiro atoms. The van der Waals surface area contributed by atoms with Gasteiger partial charge in [0.1, 0.15) is 0 Å². The molecule has 82 valence electrons. The zero-order valence-corrected chi connectivity index (χ0v) is 9.55. The summed E-state index contributed by atoms with van der Waals surface area (Å²) in [5.41, 5.74) is -0.288. The van der Waals surface area contributed by atoms with E-state index in [0.29, 0.717) is 5.92 Å². The first-order valence-corrected chi connectivity index (χ1v) is 5.49. The maximum Gasteiger partial charge on any atom is 0.242 e. The van der Waals surface area contributed by atoms with Gasteiger partial charge in [-0.15, -0.1) is 0 Å². The zero-order valence-electron chi connectivity index (χ0n) is 9.55. The highest BCUT2D eigenvalue weighted by molar-refractivity contribution is 5.81. The summed E-state index contributed by atoms with van der Waals surface area (Å²) in [6, 6.07) is 0. The van der Waals surface area contributed by atoms with E-state index in [1.165, 1.54) is 37.1 Å². The SMILES string of the molecule is CN(N)C(=O)C(C)(C)C1CCCCC1. The predicted molar refractivity (Wildman–Crippen MR) is 57.3 cm³/mol. The Morgan fingerprint density at radius 1 is 1.29 bits per heavy atom. The van der Waals surface area contributed by atoms with E-state index < -0.39 is 0 Å². The lowest BCUT2D eigenvalue weighted by molar-refractivity contribution is -0.143. The van der Waals surface area contributed by atoms with Gasteiger partial charge in [0.15, 0.2) is 0 Å². The number of rotatable bonds is 2. The highest BCUT2D eigenvalue weighted by Gasteiger charge is 2.38. The monoisotopic (exact) mass is 198 g/mol. The minimum absolute atomic E-state index is 0.0596. The third kappa shape index (κ3) is 2.27. The summed E-state index contributed by atoms with van der Waals surface area (Å²) >= 11 is 0. The van der Waals surface area contributed by atoms with Crippen molar-refractivity contribution in [2.75, 3.05) is 7.05 Å². The molecular weight excluding hydrogens is 176 g/mol. The predicted octanol–water partition coefficient (Wildman–Crippen LogP) is 1.92. The Morgan fingerprint density at radius 2 is 1.79 bits per heavy atom. The first-order valence-electron chi connectivity index (χ1n) is 5.49. The van der Waals surface area contributed by atoms with Gasteiger partial charge in [-0.25, -0.2) is 5.84 Å². The lowest BCUT2D eigenvalue weighted by Crippen LogP contribution is -2.46. The van der Waals surface area contributed by atoms with Gasteiger partial charge in [0.05, 0.1) is 0 Å². The summed E-state index contributed by atoms with van der Waals surface area (Å²) in [5.74, 6) is 6.08. The fourth-order valence-electron chi connectivity index (χ4n) is 2.45. The smallest absolute Gasteiger partial charge is 0.242 e. The van der Waals surface area contributed by atoms with Crippen LogP contribution in [0.5, 0.6) is 0 Å². The molecule has 1 amide bonds. The molecule has 1 aliphatic rings. The van der Waals surface area contributed by atoms with Crippen LogP contribution in [0.1, 0.15) is 46.0 Å². The highest BCUT2D eigenvalue weighted by atomic mass is 16.2. The second kappa shape index (κ2) is 4.30. The van der Waals surface area contributed by atoms with Crippen molar-refractivity contribution in [2.24, 2.45) is 17.2 Å². The number of nitrogens with zero attached hydrogens (tertiary/aromatic N) is 1. The van der Waals surface area contributed by atoms with Crippen LogP contribution in [0.3, 0.4) is 0 Å². The van der Waals surface area contributed by atoms with E-state index in [-0.39, 0.29) is 11.3 Å². The van der Waals surface area contributed by atoms with Crippen LogP contribution in [0.25, 0.3) is 0 Å². The Labute approximate surface area is 86.6 Å². The van der Waals surface area contributed by atoms with E-state index in [0.717, 1.165) is 0 Å². The van der Waals surface area contributed by atoms with Gasteiger partial charge < -0.3 is 0 Å². The van der Waals surface area contributed by atoms with Crippen molar-refractivity contribution < 1.29 is 4.79 Å². The van der Waals surface area contributed by atoms with E-state index in [9.17, 15) is 4.79 Å². The fraction of sp³-hybridized carbons (Fsp3) is 0.909. The molecule has 1 saturated carbocycles. The van der Waals surface area contributed by atoms with Crippen LogP contribution in [0.2, 0.25) is 0 Å². The van der Waals surface area contributed by atoms with Crippen LogP contribution < -0.4 is 5.84 Å². The molecule has 0 aliphatic heterocycles. The van der Waals surface area contributed by atoms with Gasteiger partial charge in [-0.05, 0) is 18.8 Å². The molecule has 0 aromatic rings. The lowest BCUT2D eigenvalue weighted by Gasteiger charge is -2.37. The second-order valence-electron chi connectivity index (χ2n) is 4.97. The number of hydrogen-bond donors (Lipinski definition) is 1. The number of carbonyl (C=O) groups excluding carboxylic acids is 1. The molecule has 0 unspecified atom stereocenters. The molecule has 14 heavy (non-hydrogen) atoms. The van der Waals surface area contributed by atoms with Crippen molar-refractivity contribution in [3.05, 3.63) is 0 Å². The first kappa shape index (κ1) is 11.5. The molecule has 3 heteroatoms. The third-order valence-corrected chi connectivity index (χ3v) is 3.50. The van der Waals surface area contributed by atoms with E-state index in [1.54, 1.807) is 7.05 Å². The molecule has 1 aliphatic carbocycles. The summed E-state index contributed by atoms with van der Waals surface area (Å²) in [6.45, 7) is 4.04. The van der Waals surface area contributed by atoms with Gasteiger partial charge >= 0.3 is 0 Å². The largest absolute Gasteiger partial charge is 0.283 e. The van der Waals surface area contributed by atoms with E-state index in [1.807, 2.05) is 13.8 Å². The van der Waals surface area contributed by atoms with Crippen LogP contribution in [-0.2, 0) is 4.79 Å². The standard InChI is InChI=1S/C11H22N2O/c1-11(2,10(14)13(3)12)9-7-5-4-6-8-9/h9H,4-8,12H2,1-3H3. The summed E-state index contributed by atoms with van der Waals surface area (Å²) < 4.78 is 0. The highest BCUT2D eigenvalue weighted by Crippen LogP contribution is 2.38. The molecule has 0 heterocycles. The van der Waals surface area contributed by atoms with E-state index in [4.69, 9.17) is 5.84 Å². The van der Waals surface area contributed by atoms with Gasteiger partial charge in [0.25, 0.3) is 0 Å². The van der Waals surface area contributed by atoms with Crippen molar-refractivity contribution in [3.8, 4) is 0 Å². The molecule has 0 saturated heterocycles. The summed E-state index contributed by atoms with van der Waals surface area (Å²) in [7, 11) is 1.63. The number of hydrazine groups is 1. The number of amides is 1. The Morgan fingerprint density at radius 3 is 2.21 bits per heavy atom. The normalized spacial score (nSPS) is 19.4. The molecule has 0 radical (unpaired) electrons. The van der Waals surface area contributed by atoms with Crippen LogP contribution in [0.4, 0.5) is 0 Å². The van der Waals surface area contributed by atoms with Crippen molar-refractivity contribution in [3.63, 3.8) is 0 Å². The average molecular weight is 198 g/mol. The molecule has 1 rings (SSSR count). The topological polar surface area (TPSA) is 46.3 Å². The number of hydrogen-bond acceptors (Lipinski definition) is 2. The van der Waals surface area contributed by atoms with E-state index in [2.05, 4.69) is 0 Å². The third-order valence-electron chi connectivity index (χ3n) is 3.50. The van der Waals surface area contributed by atoms with E-state index >= 15 is 0 Å². The second-order valence-corrected chi connectivity index (χ2v) is 4.97.